The number of para-hydroxylation sites is 1. The summed E-state index contributed by atoms with van der Waals surface area (Å²) in [6.07, 6.45) is 0. The van der Waals surface area contributed by atoms with Gasteiger partial charge < -0.3 is 4.74 Å². The van der Waals surface area contributed by atoms with Crippen LogP contribution in [-0.4, -0.2) is 19.1 Å². The van der Waals surface area contributed by atoms with Crippen LogP contribution in [0.3, 0.4) is 0 Å². The predicted octanol–water partition coefficient (Wildman–Crippen LogP) is 1.85. The van der Waals surface area contributed by atoms with Crippen molar-refractivity contribution < 1.29 is 9.53 Å². The molecule has 1 amide bonds. The molecule has 3 nitrogen and oxygen atoms in total. The van der Waals surface area contributed by atoms with Crippen molar-refractivity contribution >= 4 is 5.91 Å². The van der Waals surface area contributed by atoms with Gasteiger partial charge in [-0.05, 0) is 26.0 Å². The van der Waals surface area contributed by atoms with E-state index in [0.717, 1.165) is 0 Å². The van der Waals surface area contributed by atoms with Crippen LogP contribution in [0.5, 0.6) is 5.75 Å². The van der Waals surface area contributed by atoms with E-state index >= 15 is 0 Å². The summed E-state index contributed by atoms with van der Waals surface area (Å²) in [7, 11) is 1.54. The van der Waals surface area contributed by atoms with Crippen molar-refractivity contribution in [3.63, 3.8) is 0 Å². The molecule has 1 rings (SSSR count). The van der Waals surface area contributed by atoms with Crippen molar-refractivity contribution in [3.05, 3.63) is 29.8 Å². The number of benzene rings is 1. The van der Waals surface area contributed by atoms with Crippen LogP contribution in [0.4, 0.5) is 0 Å². The maximum Gasteiger partial charge on any atom is 0.276 e. The quantitative estimate of drug-likeness (QED) is 0.733. The third kappa shape index (κ3) is 2.49. The fourth-order valence-corrected chi connectivity index (χ4v) is 1.13. The smallest absolute Gasteiger partial charge is 0.276 e. The lowest BCUT2D eigenvalue weighted by atomic mass is 10.2. The second-order valence-corrected chi connectivity index (χ2v) is 3.23. The fraction of sp³-hybridized carbons (Fsp3) is 0.364. The molecule has 0 fully saturated rings. The van der Waals surface area contributed by atoms with Gasteiger partial charge in [-0.3, -0.25) is 4.79 Å². The minimum atomic E-state index is -0.225. The van der Waals surface area contributed by atoms with Crippen LogP contribution in [0.1, 0.15) is 24.2 Å². The molecule has 0 aliphatic carbocycles. The maximum absolute atomic E-state index is 11.6. The van der Waals surface area contributed by atoms with Crippen molar-refractivity contribution in [2.75, 3.05) is 7.11 Å². The van der Waals surface area contributed by atoms with Gasteiger partial charge in [-0.25, -0.2) is 5.32 Å². The van der Waals surface area contributed by atoms with Crippen LogP contribution in [-0.2, 0) is 0 Å². The van der Waals surface area contributed by atoms with Gasteiger partial charge in [0.25, 0.3) is 5.91 Å². The van der Waals surface area contributed by atoms with E-state index in [1.54, 1.807) is 25.3 Å². The minimum absolute atomic E-state index is 0.00686. The second kappa shape index (κ2) is 4.65. The van der Waals surface area contributed by atoms with Crippen LogP contribution in [0.2, 0.25) is 0 Å². The number of rotatable bonds is 3. The van der Waals surface area contributed by atoms with Crippen LogP contribution < -0.4 is 10.1 Å². The van der Waals surface area contributed by atoms with E-state index in [9.17, 15) is 4.79 Å². The molecule has 1 aromatic carbocycles. The minimum Gasteiger partial charge on any atom is -0.496 e. The van der Waals surface area contributed by atoms with Crippen molar-refractivity contribution in [2.24, 2.45) is 0 Å². The number of hydrogen-bond acceptors (Lipinski definition) is 2. The molecule has 0 atom stereocenters. The van der Waals surface area contributed by atoms with Gasteiger partial charge in [0, 0.05) is 6.04 Å². The van der Waals surface area contributed by atoms with Crippen molar-refractivity contribution in [2.45, 2.75) is 19.9 Å². The molecule has 0 saturated carbocycles. The Bertz CT molecular complexity index is 321. The van der Waals surface area contributed by atoms with Gasteiger partial charge in [0.15, 0.2) is 0 Å². The van der Waals surface area contributed by atoms with Crippen LogP contribution in [0, 0.1) is 0 Å². The van der Waals surface area contributed by atoms with E-state index in [1.807, 2.05) is 19.9 Å². The second-order valence-electron chi connectivity index (χ2n) is 3.23. The van der Waals surface area contributed by atoms with Crippen molar-refractivity contribution in [1.29, 1.82) is 0 Å². The molecule has 0 spiro atoms. The van der Waals surface area contributed by atoms with Crippen molar-refractivity contribution in [3.8, 4) is 5.75 Å². The molecular weight excluding hydrogens is 178 g/mol. The van der Waals surface area contributed by atoms with Gasteiger partial charge in [0.2, 0.25) is 0 Å². The largest absolute Gasteiger partial charge is 0.496 e. The van der Waals surface area contributed by atoms with E-state index in [-0.39, 0.29) is 11.9 Å². The van der Waals surface area contributed by atoms with Crippen LogP contribution in [0.15, 0.2) is 24.3 Å². The Morgan fingerprint density at radius 2 is 2.00 bits per heavy atom. The Morgan fingerprint density at radius 3 is 2.57 bits per heavy atom. The molecule has 1 aromatic rings. The number of nitrogens with zero attached hydrogens (tertiary/aromatic N) is 1. The number of carbonyl (C=O) groups is 1. The zero-order valence-corrected chi connectivity index (χ0v) is 8.65. The highest BCUT2D eigenvalue weighted by atomic mass is 16.5. The third-order valence-corrected chi connectivity index (χ3v) is 1.71. The average molecular weight is 192 g/mol. The molecule has 0 N–H and O–H groups in total. The number of methoxy groups -OCH3 is 1. The highest BCUT2D eigenvalue weighted by Gasteiger charge is 2.13. The summed E-state index contributed by atoms with van der Waals surface area (Å²) >= 11 is 0. The third-order valence-electron chi connectivity index (χ3n) is 1.71. The standard InChI is InChI=1S/C11H14NO2/c1-8(2)12-11(13)9-6-4-5-7-10(9)14-3/h4-8H,1-3H3. The number of hydrogen-bond donors (Lipinski definition) is 0. The van der Waals surface area contributed by atoms with Crippen LogP contribution in [0.25, 0.3) is 0 Å². The van der Waals surface area contributed by atoms with Crippen molar-refractivity contribution in [1.82, 2.24) is 5.32 Å². The van der Waals surface area contributed by atoms with Crippen LogP contribution >= 0.6 is 0 Å². The monoisotopic (exact) mass is 192 g/mol. The summed E-state index contributed by atoms with van der Waals surface area (Å²) in [4.78, 5) is 11.6. The Labute approximate surface area is 84.1 Å². The first-order valence-corrected chi connectivity index (χ1v) is 4.53. The molecular formula is C11H14NO2. The normalized spacial score (nSPS) is 10.0. The number of ether oxygens (including phenoxy) is 1. The first kappa shape index (κ1) is 10.6. The molecule has 0 bridgehead atoms. The highest BCUT2D eigenvalue weighted by molar-refractivity contribution is 5.96. The molecule has 0 unspecified atom stereocenters. The van der Waals surface area contributed by atoms with Gasteiger partial charge in [0.1, 0.15) is 5.75 Å². The first-order valence-electron chi connectivity index (χ1n) is 4.53. The van der Waals surface area contributed by atoms with E-state index in [4.69, 9.17) is 4.74 Å². The number of amides is 1. The molecule has 0 saturated heterocycles. The summed E-state index contributed by atoms with van der Waals surface area (Å²) in [5, 5.41) is 3.94. The van der Waals surface area contributed by atoms with Gasteiger partial charge in [-0.15, -0.1) is 0 Å². The molecule has 75 valence electrons. The first-order chi connectivity index (χ1) is 6.65. The molecule has 0 aliphatic rings. The molecule has 0 aliphatic heterocycles. The summed E-state index contributed by atoms with van der Waals surface area (Å²) < 4.78 is 5.07. The van der Waals surface area contributed by atoms with E-state index in [1.165, 1.54) is 0 Å². The zero-order valence-electron chi connectivity index (χ0n) is 8.65. The molecule has 3 heteroatoms. The van der Waals surface area contributed by atoms with Gasteiger partial charge in [-0.2, -0.15) is 0 Å². The Kier molecular flexibility index (Phi) is 3.51. The maximum atomic E-state index is 11.6. The molecule has 0 heterocycles. The van der Waals surface area contributed by atoms with Gasteiger partial charge >= 0.3 is 0 Å². The Hall–Kier alpha value is -1.51. The van der Waals surface area contributed by atoms with E-state index < -0.39 is 0 Å². The van der Waals surface area contributed by atoms with Gasteiger partial charge in [-0.1, -0.05) is 12.1 Å². The Morgan fingerprint density at radius 1 is 1.36 bits per heavy atom. The Balaban J connectivity index is 2.88. The lowest BCUT2D eigenvalue weighted by molar-refractivity contribution is 0.0935. The lowest BCUT2D eigenvalue weighted by Crippen LogP contribution is -2.22. The molecule has 1 radical (unpaired) electrons. The summed E-state index contributed by atoms with van der Waals surface area (Å²) in [6, 6.07) is 7.10. The predicted molar refractivity (Wildman–Crippen MR) is 54.6 cm³/mol. The lowest BCUT2D eigenvalue weighted by Gasteiger charge is -2.08. The van der Waals surface area contributed by atoms with E-state index in [0.29, 0.717) is 11.3 Å². The molecule has 0 aromatic heterocycles. The summed E-state index contributed by atoms with van der Waals surface area (Å²) in [5.74, 6) is 0.347. The summed E-state index contributed by atoms with van der Waals surface area (Å²) in [6.45, 7) is 3.74. The highest BCUT2D eigenvalue weighted by Crippen LogP contribution is 2.17. The molecule has 14 heavy (non-hydrogen) atoms. The SMILES string of the molecule is COc1ccccc1C(=O)[N]C(C)C. The fourth-order valence-electron chi connectivity index (χ4n) is 1.13. The topological polar surface area (TPSA) is 40.4 Å². The zero-order chi connectivity index (χ0) is 10.6. The number of carbonyl (C=O) groups excluding carboxylic acids is 1. The van der Waals surface area contributed by atoms with Gasteiger partial charge in [0.05, 0.1) is 12.7 Å². The van der Waals surface area contributed by atoms with E-state index in [2.05, 4.69) is 5.32 Å². The summed E-state index contributed by atoms with van der Waals surface area (Å²) in [5.41, 5.74) is 0.517. The average Bonchev–Trinajstić information content (AvgIpc) is 2.16.